The van der Waals surface area contributed by atoms with Crippen LogP contribution in [0, 0.1) is 0 Å². The summed E-state index contributed by atoms with van der Waals surface area (Å²) in [4.78, 5) is 21.5. The number of aromatic nitrogens is 4. The Morgan fingerprint density at radius 2 is 1.94 bits per heavy atom. The van der Waals surface area contributed by atoms with Crippen molar-refractivity contribution < 1.29 is 22.7 Å². The van der Waals surface area contributed by atoms with Crippen LogP contribution in [0.4, 0.5) is 19.1 Å². The van der Waals surface area contributed by atoms with Gasteiger partial charge in [0.1, 0.15) is 11.8 Å². The number of hydrogen-bond acceptors (Lipinski definition) is 6. The highest BCUT2D eigenvalue weighted by molar-refractivity contribution is 5.93. The Labute approximate surface area is 186 Å². The zero-order valence-corrected chi connectivity index (χ0v) is 17.8. The number of alkyl halides is 3. The van der Waals surface area contributed by atoms with Gasteiger partial charge in [0.2, 0.25) is 11.9 Å². The molecular weight excluding hydrogens is 437 g/mol. The largest absolute Gasteiger partial charge is 0.573 e. The predicted molar refractivity (Wildman–Crippen MR) is 117 cm³/mol. The minimum atomic E-state index is -4.81. The number of nitrogens with zero attached hydrogens (tertiary/aromatic N) is 4. The summed E-state index contributed by atoms with van der Waals surface area (Å²) < 4.78 is 43.4. The molecule has 172 valence electrons. The minimum absolute atomic E-state index is 0.191. The first-order valence-electron chi connectivity index (χ1n) is 10.3. The Balaban J connectivity index is 1.83. The van der Waals surface area contributed by atoms with Crippen molar-refractivity contribution in [1.29, 1.82) is 0 Å². The second kappa shape index (κ2) is 8.93. The standard InChI is InChI=1S/C22H21F3N6O2/c1-3-7-17(20(32)26-2)28-21-27-16-11-5-4-10-15(16)19-29-18(30-31(19)21)13-8-6-9-14(12-13)33-22(23,24)25/h4-6,8-12,17H,3,7H2,1-2H3,(H,26,32)(H,27,28)/t17-/m1/s1. The smallest absolute Gasteiger partial charge is 0.406 e. The maximum Gasteiger partial charge on any atom is 0.573 e. The van der Waals surface area contributed by atoms with Gasteiger partial charge >= 0.3 is 6.36 Å². The first kappa shape index (κ1) is 22.3. The van der Waals surface area contributed by atoms with Gasteiger partial charge in [-0.05, 0) is 30.7 Å². The van der Waals surface area contributed by atoms with Gasteiger partial charge in [0.05, 0.1) is 5.52 Å². The van der Waals surface area contributed by atoms with Crippen molar-refractivity contribution in [3.8, 4) is 17.1 Å². The second-order valence-corrected chi connectivity index (χ2v) is 7.30. The molecule has 11 heteroatoms. The first-order valence-corrected chi connectivity index (χ1v) is 10.3. The Bertz CT molecular complexity index is 1300. The van der Waals surface area contributed by atoms with Crippen molar-refractivity contribution in [3.05, 3.63) is 48.5 Å². The number of halogens is 3. The Morgan fingerprint density at radius 1 is 1.15 bits per heavy atom. The first-order chi connectivity index (χ1) is 15.8. The molecule has 4 rings (SSSR count). The molecule has 0 aliphatic heterocycles. The number of fused-ring (bicyclic) bond motifs is 3. The van der Waals surface area contributed by atoms with Gasteiger partial charge in [0.15, 0.2) is 11.5 Å². The number of benzene rings is 2. The summed E-state index contributed by atoms with van der Waals surface area (Å²) in [5.41, 5.74) is 1.42. The van der Waals surface area contributed by atoms with Crippen LogP contribution in [0.5, 0.6) is 5.75 Å². The summed E-state index contributed by atoms with van der Waals surface area (Å²) in [6, 6.07) is 12.2. The zero-order chi connectivity index (χ0) is 23.6. The van der Waals surface area contributed by atoms with E-state index in [2.05, 4.69) is 30.4 Å². The van der Waals surface area contributed by atoms with Crippen LogP contribution in [0.1, 0.15) is 19.8 Å². The van der Waals surface area contributed by atoms with Crippen LogP contribution in [-0.4, -0.2) is 44.9 Å². The number of hydrogen-bond donors (Lipinski definition) is 2. The third-order valence-electron chi connectivity index (χ3n) is 4.95. The number of nitrogens with one attached hydrogen (secondary N) is 2. The topological polar surface area (TPSA) is 93.4 Å². The maximum absolute atomic E-state index is 12.6. The van der Waals surface area contributed by atoms with Gasteiger partial charge in [-0.15, -0.1) is 18.3 Å². The van der Waals surface area contributed by atoms with E-state index in [1.165, 1.54) is 22.7 Å². The average Bonchev–Trinajstić information content (AvgIpc) is 3.23. The predicted octanol–water partition coefficient (Wildman–Crippen LogP) is 4.17. The van der Waals surface area contributed by atoms with Crippen LogP contribution in [0.3, 0.4) is 0 Å². The van der Waals surface area contributed by atoms with Gasteiger partial charge in [-0.2, -0.15) is 4.52 Å². The molecule has 0 bridgehead atoms. The number of carbonyl (C=O) groups excluding carboxylic acids is 1. The monoisotopic (exact) mass is 458 g/mol. The lowest BCUT2D eigenvalue weighted by Crippen LogP contribution is -2.38. The van der Waals surface area contributed by atoms with Gasteiger partial charge in [0, 0.05) is 18.0 Å². The molecule has 2 aromatic heterocycles. The molecule has 0 saturated heterocycles. The van der Waals surface area contributed by atoms with E-state index in [1.54, 1.807) is 19.2 Å². The highest BCUT2D eigenvalue weighted by Crippen LogP contribution is 2.29. The highest BCUT2D eigenvalue weighted by atomic mass is 19.4. The van der Waals surface area contributed by atoms with Gasteiger partial charge < -0.3 is 15.4 Å². The van der Waals surface area contributed by atoms with E-state index in [1.807, 2.05) is 25.1 Å². The second-order valence-electron chi connectivity index (χ2n) is 7.30. The molecule has 33 heavy (non-hydrogen) atoms. The van der Waals surface area contributed by atoms with Crippen molar-refractivity contribution in [2.75, 3.05) is 12.4 Å². The van der Waals surface area contributed by atoms with E-state index >= 15 is 0 Å². The molecule has 4 aromatic rings. The zero-order valence-electron chi connectivity index (χ0n) is 17.8. The molecule has 2 heterocycles. The number of anilines is 1. The molecule has 1 amide bonds. The highest BCUT2D eigenvalue weighted by Gasteiger charge is 2.31. The quantitative estimate of drug-likeness (QED) is 0.432. The molecule has 0 fully saturated rings. The van der Waals surface area contributed by atoms with Gasteiger partial charge in [0.25, 0.3) is 0 Å². The minimum Gasteiger partial charge on any atom is -0.406 e. The van der Waals surface area contributed by atoms with Crippen molar-refractivity contribution in [1.82, 2.24) is 24.9 Å². The Morgan fingerprint density at radius 3 is 2.67 bits per heavy atom. The number of amides is 1. The molecule has 8 nitrogen and oxygen atoms in total. The maximum atomic E-state index is 12.6. The molecule has 0 aliphatic rings. The molecule has 0 radical (unpaired) electrons. The van der Waals surface area contributed by atoms with E-state index < -0.39 is 12.4 Å². The summed E-state index contributed by atoms with van der Waals surface area (Å²) in [5, 5.41) is 11.0. The number of para-hydroxylation sites is 1. The lowest BCUT2D eigenvalue weighted by atomic mass is 10.1. The number of rotatable bonds is 7. The van der Waals surface area contributed by atoms with E-state index in [4.69, 9.17) is 0 Å². The van der Waals surface area contributed by atoms with Gasteiger partial charge in [-0.3, -0.25) is 4.79 Å². The molecule has 0 unspecified atom stereocenters. The Kier molecular flexibility index (Phi) is 6.03. The summed E-state index contributed by atoms with van der Waals surface area (Å²) >= 11 is 0. The Hall–Kier alpha value is -3.89. The summed E-state index contributed by atoms with van der Waals surface area (Å²) in [6.07, 6.45) is -3.49. The van der Waals surface area contributed by atoms with Crippen LogP contribution in [0.15, 0.2) is 48.5 Å². The molecule has 0 saturated carbocycles. The van der Waals surface area contributed by atoms with E-state index in [9.17, 15) is 18.0 Å². The lowest BCUT2D eigenvalue weighted by Gasteiger charge is -2.17. The molecule has 1 atom stereocenters. The lowest BCUT2D eigenvalue weighted by molar-refractivity contribution is -0.274. The van der Waals surface area contributed by atoms with Crippen LogP contribution in [0.2, 0.25) is 0 Å². The third-order valence-corrected chi connectivity index (χ3v) is 4.95. The summed E-state index contributed by atoms with van der Waals surface area (Å²) in [7, 11) is 1.56. The van der Waals surface area contributed by atoms with Crippen molar-refractivity contribution in [2.24, 2.45) is 0 Å². The molecule has 2 N–H and O–H groups in total. The third kappa shape index (κ3) is 4.81. The van der Waals surface area contributed by atoms with Crippen LogP contribution in [-0.2, 0) is 4.79 Å². The van der Waals surface area contributed by atoms with Gasteiger partial charge in [-0.1, -0.05) is 37.6 Å². The summed E-state index contributed by atoms with van der Waals surface area (Å²) in [6.45, 7) is 1.96. The molecule has 0 spiro atoms. The fraction of sp³-hybridized carbons (Fsp3) is 0.273. The molecule has 2 aromatic carbocycles. The SMILES string of the molecule is CCC[C@@H](Nc1nc2ccccc2c2nc(-c3cccc(OC(F)(F)F)c3)nn12)C(=O)NC. The fourth-order valence-corrected chi connectivity index (χ4v) is 3.49. The van der Waals surface area contributed by atoms with Crippen LogP contribution < -0.4 is 15.4 Å². The fourth-order valence-electron chi connectivity index (χ4n) is 3.49. The summed E-state index contributed by atoms with van der Waals surface area (Å²) in [5.74, 6) is -0.0804. The van der Waals surface area contributed by atoms with Crippen molar-refractivity contribution in [2.45, 2.75) is 32.2 Å². The van der Waals surface area contributed by atoms with E-state index in [-0.39, 0.29) is 17.5 Å². The number of carbonyl (C=O) groups is 1. The molecule has 0 aliphatic carbocycles. The van der Waals surface area contributed by atoms with Crippen molar-refractivity contribution >= 4 is 28.4 Å². The van der Waals surface area contributed by atoms with Gasteiger partial charge in [-0.25, -0.2) is 9.97 Å². The average molecular weight is 458 g/mol. The number of ether oxygens (including phenoxy) is 1. The van der Waals surface area contributed by atoms with Crippen LogP contribution >= 0.6 is 0 Å². The van der Waals surface area contributed by atoms with Crippen LogP contribution in [0.25, 0.3) is 27.9 Å². The van der Waals surface area contributed by atoms with Crippen molar-refractivity contribution in [3.63, 3.8) is 0 Å². The molecular formula is C22H21F3N6O2. The van der Waals surface area contributed by atoms with E-state index in [0.29, 0.717) is 34.5 Å². The normalized spacial score (nSPS) is 12.6. The number of likely N-dealkylation sites (N-methyl/N-ethyl adjacent to an activating group) is 1. The van der Waals surface area contributed by atoms with E-state index in [0.717, 1.165) is 6.42 Å².